The topological polar surface area (TPSA) is 55.4 Å². The van der Waals surface area contributed by atoms with E-state index in [2.05, 4.69) is 16.0 Å². The summed E-state index contributed by atoms with van der Waals surface area (Å²) in [6, 6.07) is -0.709. The van der Waals surface area contributed by atoms with Crippen LogP contribution in [0.4, 0.5) is 0 Å². The third-order valence-electron chi connectivity index (χ3n) is 3.09. The van der Waals surface area contributed by atoms with Crippen LogP contribution in [0.1, 0.15) is 38.5 Å². The summed E-state index contributed by atoms with van der Waals surface area (Å²) in [6.07, 6.45) is 10.4. The Morgan fingerprint density at radius 1 is 1.47 bits per heavy atom. The highest BCUT2D eigenvalue weighted by atomic mass is 16.5. The van der Waals surface area contributed by atoms with Gasteiger partial charge in [0.1, 0.15) is 6.04 Å². The van der Waals surface area contributed by atoms with E-state index in [0.717, 1.165) is 12.8 Å². The van der Waals surface area contributed by atoms with Crippen LogP contribution in [0.3, 0.4) is 0 Å². The maximum absolute atomic E-state index is 11.7. The third kappa shape index (κ3) is 4.48. The van der Waals surface area contributed by atoms with Crippen LogP contribution in [0.25, 0.3) is 0 Å². The SMILES string of the molecule is C#CC[C@@H](NC(=O)CC1CCCC1)C(=O)OC. The van der Waals surface area contributed by atoms with Gasteiger partial charge in [0.05, 0.1) is 7.11 Å². The summed E-state index contributed by atoms with van der Waals surface area (Å²) < 4.78 is 4.59. The molecule has 1 saturated carbocycles. The van der Waals surface area contributed by atoms with E-state index in [0.29, 0.717) is 12.3 Å². The summed E-state index contributed by atoms with van der Waals surface area (Å²) in [5.74, 6) is 2.23. The van der Waals surface area contributed by atoms with Gasteiger partial charge in [-0.25, -0.2) is 4.79 Å². The van der Waals surface area contributed by atoms with Crippen LogP contribution >= 0.6 is 0 Å². The van der Waals surface area contributed by atoms with Gasteiger partial charge in [0, 0.05) is 12.8 Å². The number of hydrogen-bond acceptors (Lipinski definition) is 3. The standard InChI is InChI=1S/C13H19NO3/c1-3-6-11(13(16)17-2)14-12(15)9-10-7-4-5-8-10/h1,10-11H,4-9H2,2H3,(H,14,15)/t11-/m1/s1. The number of terminal acetylenes is 1. The van der Waals surface area contributed by atoms with Gasteiger partial charge in [-0.1, -0.05) is 12.8 Å². The van der Waals surface area contributed by atoms with Crippen LogP contribution in [0, 0.1) is 18.3 Å². The first kappa shape index (κ1) is 13.6. The van der Waals surface area contributed by atoms with Crippen molar-refractivity contribution in [2.24, 2.45) is 5.92 Å². The van der Waals surface area contributed by atoms with Gasteiger partial charge < -0.3 is 10.1 Å². The van der Waals surface area contributed by atoms with Crippen LogP contribution in [0.2, 0.25) is 0 Å². The van der Waals surface area contributed by atoms with Gasteiger partial charge in [-0.15, -0.1) is 12.3 Å². The smallest absolute Gasteiger partial charge is 0.329 e. The van der Waals surface area contributed by atoms with Crippen molar-refractivity contribution in [1.82, 2.24) is 5.32 Å². The van der Waals surface area contributed by atoms with E-state index in [-0.39, 0.29) is 12.3 Å². The summed E-state index contributed by atoms with van der Waals surface area (Å²) >= 11 is 0. The highest BCUT2D eigenvalue weighted by molar-refractivity contribution is 5.84. The molecule has 1 aliphatic rings. The third-order valence-corrected chi connectivity index (χ3v) is 3.09. The van der Waals surface area contributed by atoms with Crippen LogP contribution in [-0.4, -0.2) is 25.0 Å². The predicted molar refractivity (Wildman–Crippen MR) is 64.0 cm³/mol. The zero-order valence-corrected chi connectivity index (χ0v) is 10.2. The number of carbonyl (C=O) groups excluding carboxylic acids is 2. The number of rotatable bonds is 5. The second-order valence-corrected chi connectivity index (χ2v) is 4.41. The highest BCUT2D eigenvalue weighted by Crippen LogP contribution is 2.27. The lowest BCUT2D eigenvalue weighted by Gasteiger charge is -2.15. The molecule has 0 saturated heterocycles. The zero-order valence-electron chi connectivity index (χ0n) is 10.2. The summed E-state index contributed by atoms with van der Waals surface area (Å²) in [5.41, 5.74) is 0. The minimum absolute atomic E-state index is 0.109. The van der Waals surface area contributed by atoms with E-state index in [1.807, 2.05) is 0 Å². The van der Waals surface area contributed by atoms with E-state index in [1.165, 1.54) is 20.0 Å². The summed E-state index contributed by atoms with van der Waals surface area (Å²) in [5, 5.41) is 2.64. The molecule has 4 nitrogen and oxygen atoms in total. The Morgan fingerprint density at radius 2 is 2.12 bits per heavy atom. The second kappa shape index (κ2) is 6.95. The van der Waals surface area contributed by atoms with Crippen molar-refractivity contribution in [3.8, 4) is 12.3 Å². The molecule has 94 valence electrons. The number of carbonyl (C=O) groups is 2. The lowest BCUT2D eigenvalue weighted by molar-refractivity contribution is -0.145. The van der Waals surface area contributed by atoms with Gasteiger partial charge in [0.15, 0.2) is 0 Å². The molecule has 0 aromatic heterocycles. The van der Waals surface area contributed by atoms with Crippen LogP contribution in [-0.2, 0) is 14.3 Å². The number of ether oxygens (including phenoxy) is 1. The molecule has 0 aliphatic heterocycles. The van der Waals surface area contributed by atoms with Crippen molar-refractivity contribution in [3.05, 3.63) is 0 Å². The molecule has 0 bridgehead atoms. The summed E-state index contributed by atoms with van der Waals surface area (Å²) in [6.45, 7) is 0. The number of esters is 1. The van der Waals surface area contributed by atoms with Crippen molar-refractivity contribution < 1.29 is 14.3 Å². The molecule has 1 amide bonds. The average molecular weight is 237 g/mol. The van der Waals surface area contributed by atoms with Gasteiger partial charge in [-0.05, 0) is 18.8 Å². The second-order valence-electron chi connectivity index (χ2n) is 4.41. The molecule has 1 fully saturated rings. The number of amides is 1. The summed E-state index contributed by atoms with van der Waals surface area (Å²) in [4.78, 5) is 23.1. The molecule has 4 heteroatoms. The van der Waals surface area contributed by atoms with Crippen LogP contribution in [0.15, 0.2) is 0 Å². The van der Waals surface area contributed by atoms with E-state index >= 15 is 0 Å². The first-order valence-electron chi connectivity index (χ1n) is 5.98. The van der Waals surface area contributed by atoms with Crippen molar-refractivity contribution in [2.75, 3.05) is 7.11 Å². The molecular weight excluding hydrogens is 218 g/mol. The Hall–Kier alpha value is -1.50. The summed E-state index contributed by atoms with van der Waals surface area (Å²) in [7, 11) is 1.29. The molecule has 1 aliphatic carbocycles. The molecule has 0 radical (unpaired) electrons. The zero-order chi connectivity index (χ0) is 12.7. The van der Waals surface area contributed by atoms with Gasteiger partial charge in [0.25, 0.3) is 0 Å². The largest absolute Gasteiger partial charge is 0.467 e. The molecule has 1 rings (SSSR count). The van der Waals surface area contributed by atoms with E-state index in [4.69, 9.17) is 6.42 Å². The van der Waals surface area contributed by atoms with Crippen molar-refractivity contribution in [3.63, 3.8) is 0 Å². The van der Waals surface area contributed by atoms with E-state index < -0.39 is 12.0 Å². The number of hydrogen-bond donors (Lipinski definition) is 1. The number of nitrogens with one attached hydrogen (secondary N) is 1. The Kier molecular flexibility index (Phi) is 5.55. The molecule has 0 spiro atoms. The maximum atomic E-state index is 11.7. The fourth-order valence-corrected chi connectivity index (χ4v) is 2.18. The van der Waals surface area contributed by atoms with Crippen molar-refractivity contribution >= 4 is 11.9 Å². The lowest BCUT2D eigenvalue weighted by atomic mass is 10.0. The number of methoxy groups -OCH3 is 1. The lowest BCUT2D eigenvalue weighted by Crippen LogP contribution is -2.41. The van der Waals surface area contributed by atoms with Crippen LogP contribution < -0.4 is 5.32 Å². The van der Waals surface area contributed by atoms with Crippen molar-refractivity contribution in [2.45, 2.75) is 44.6 Å². The Balaban J connectivity index is 2.40. The molecule has 0 aromatic carbocycles. The highest BCUT2D eigenvalue weighted by Gasteiger charge is 2.23. The van der Waals surface area contributed by atoms with Crippen molar-refractivity contribution in [1.29, 1.82) is 0 Å². The van der Waals surface area contributed by atoms with Gasteiger partial charge in [0.2, 0.25) is 5.91 Å². The molecule has 1 atom stereocenters. The van der Waals surface area contributed by atoms with Crippen LogP contribution in [0.5, 0.6) is 0 Å². The molecule has 0 heterocycles. The predicted octanol–water partition coefficient (Wildman–Crippen LogP) is 1.25. The molecule has 17 heavy (non-hydrogen) atoms. The maximum Gasteiger partial charge on any atom is 0.329 e. The fraction of sp³-hybridized carbons (Fsp3) is 0.692. The Labute approximate surface area is 102 Å². The average Bonchev–Trinajstić information content (AvgIpc) is 2.80. The van der Waals surface area contributed by atoms with Gasteiger partial charge in [-0.3, -0.25) is 4.79 Å². The molecule has 0 unspecified atom stereocenters. The quantitative estimate of drug-likeness (QED) is 0.578. The minimum Gasteiger partial charge on any atom is -0.467 e. The van der Waals surface area contributed by atoms with E-state index in [1.54, 1.807) is 0 Å². The first-order chi connectivity index (χ1) is 8.17. The Bertz CT molecular complexity index is 313. The van der Waals surface area contributed by atoms with E-state index in [9.17, 15) is 9.59 Å². The fourth-order valence-electron chi connectivity index (χ4n) is 2.18. The Morgan fingerprint density at radius 3 is 2.65 bits per heavy atom. The van der Waals surface area contributed by atoms with Gasteiger partial charge in [-0.2, -0.15) is 0 Å². The molecule has 0 aromatic rings. The normalized spacial score (nSPS) is 17.2. The minimum atomic E-state index is -0.709. The molecule has 1 N–H and O–H groups in total. The first-order valence-corrected chi connectivity index (χ1v) is 5.98. The molecular formula is C13H19NO3. The monoisotopic (exact) mass is 237 g/mol. The van der Waals surface area contributed by atoms with Gasteiger partial charge >= 0.3 is 5.97 Å².